The van der Waals surface area contributed by atoms with Crippen molar-refractivity contribution in [3.63, 3.8) is 0 Å². The Morgan fingerprint density at radius 3 is 1.44 bits per heavy atom. The highest BCUT2D eigenvalue weighted by atomic mass is 16.7. The number of hydrogen-bond acceptors (Lipinski definition) is 9. The predicted octanol–water partition coefficient (Wildman–Crippen LogP) is 3.73. The molecule has 3 N–H and O–H groups in total. The number of ether oxygens (including phenoxy) is 3. The molecule has 9 heteroatoms. The van der Waals surface area contributed by atoms with Crippen LogP contribution in [0.1, 0.15) is 116 Å². The van der Waals surface area contributed by atoms with Crippen molar-refractivity contribution in [2.75, 3.05) is 19.8 Å². The van der Waals surface area contributed by atoms with Gasteiger partial charge in [0.2, 0.25) is 17.8 Å². The zero-order valence-corrected chi connectivity index (χ0v) is 22.1. The minimum absolute atomic E-state index is 0.00297. The van der Waals surface area contributed by atoms with Crippen LogP contribution in [0.15, 0.2) is 0 Å². The summed E-state index contributed by atoms with van der Waals surface area (Å²) in [6.45, 7) is -0.331. The summed E-state index contributed by atoms with van der Waals surface area (Å²) in [7, 11) is 0. The van der Waals surface area contributed by atoms with E-state index in [9.17, 15) is 29.7 Å². The van der Waals surface area contributed by atoms with Gasteiger partial charge in [-0.25, -0.2) is 14.4 Å². The summed E-state index contributed by atoms with van der Waals surface area (Å²) >= 11 is 0. The number of carbonyl (C=O) groups excluding carboxylic acids is 3. The number of unbranched alkanes of at least 4 members (excludes halogenated alkanes) is 15. The third kappa shape index (κ3) is 12.0. The number of esters is 3. The van der Waals surface area contributed by atoms with Gasteiger partial charge >= 0.3 is 17.9 Å². The number of aliphatic hydroxyl groups is 3. The van der Waals surface area contributed by atoms with Gasteiger partial charge in [-0.1, -0.05) is 103 Å². The normalized spacial score (nSPS) is 22.8. The van der Waals surface area contributed by atoms with Crippen LogP contribution in [-0.4, -0.2) is 70.9 Å². The predicted molar refractivity (Wildman–Crippen MR) is 134 cm³/mol. The van der Waals surface area contributed by atoms with Gasteiger partial charge in [0, 0.05) is 6.42 Å². The Morgan fingerprint density at radius 1 is 0.611 bits per heavy atom. The van der Waals surface area contributed by atoms with Gasteiger partial charge in [0.25, 0.3) is 0 Å². The lowest BCUT2D eigenvalue weighted by molar-refractivity contribution is -0.193. The summed E-state index contributed by atoms with van der Waals surface area (Å²) in [6.07, 6.45) is 15.6. The second-order valence-electron chi connectivity index (χ2n) is 9.81. The zero-order valence-electron chi connectivity index (χ0n) is 22.1. The lowest BCUT2D eigenvalue weighted by Crippen LogP contribution is -2.50. The van der Waals surface area contributed by atoms with E-state index < -0.39 is 55.5 Å². The van der Waals surface area contributed by atoms with E-state index >= 15 is 0 Å². The number of rotatable bonds is 20. The van der Waals surface area contributed by atoms with E-state index in [1.54, 1.807) is 0 Å². The van der Waals surface area contributed by atoms with Gasteiger partial charge in [0.1, 0.15) is 0 Å². The van der Waals surface area contributed by atoms with Crippen LogP contribution in [0.5, 0.6) is 0 Å². The molecule has 1 rings (SSSR count). The molecule has 1 heterocycles. The lowest BCUT2D eigenvalue weighted by atomic mass is 9.95. The van der Waals surface area contributed by atoms with Gasteiger partial charge in [-0.3, -0.25) is 0 Å². The van der Waals surface area contributed by atoms with E-state index in [1.165, 1.54) is 70.6 Å². The molecule has 9 nitrogen and oxygen atoms in total. The summed E-state index contributed by atoms with van der Waals surface area (Å²) in [6, 6.07) is 0. The zero-order chi connectivity index (χ0) is 26.7. The molecule has 210 valence electrons. The summed E-state index contributed by atoms with van der Waals surface area (Å²) in [4.78, 5) is 37.0. The minimum Gasteiger partial charge on any atom is -0.445 e. The Labute approximate surface area is 215 Å². The molecule has 1 aliphatic heterocycles. The van der Waals surface area contributed by atoms with Crippen LogP contribution < -0.4 is 0 Å². The van der Waals surface area contributed by atoms with Crippen molar-refractivity contribution in [3.05, 3.63) is 0 Å². The van der Waals surface area contributed by atoms with E-state index in [-0.39, 0.29) is 6.42 Å². The number of carbonyl (C=O) groups is 3. The fourth-order valence-corrected chi connectivity index (χ4v) is 4.36. The van der Waals surface area contributed by atoms with Gasteiger partial charge in [-0.15, -0.1) is 0 Å². The Morgan fingerprint density at radius 2 is 1.03 bits per heavy atom. The molecule has 0 aromatic carbocycles. The van der Waals surface area contributed by atoms with Gasteiger partial charge in [-0.05, 0) is 6.42 Å². The Bertz CT molecular complexity index is 622. The van der Waals surface area contributed by atoms with Crippen molar-refractivity contribution in [2.45, 2.75) is 134 Å². The summed E-state index contributed by atoms with van der Waals surface area (Å²) in [5.74, 6) is -3.43. The molecule has 0 aromatic rings. The lowest BCUT2D eigenvalue weighted by Gasteiger charge is -2.29. The average Bonchev–Trinajstić information content (AvgIpc) is 2.91. The van der Waals surface area contributed by atoms with Crippen LogP contribution in [-0.2, 0) is 28.6 Å². The van der Waals surface area contributed by atoms with Gasteiger partial charge in [-0.2, -0.15) is 0 Å². The van der Waals surface area contributed by atoms with Crippen LogP contribution in [0.3, 0.4) is 0 Å². The smallest absolute Gasteiger partial charge is 0.354 e. The highest BCUT2D eigenvalue weighted by molar-refractivity contribution is 5.90. The first-order valence-corrected chi connectivity index (χ1v) is 13.9. The molecule has 36 heavy (non-hydrogen) atoms. The third-order valence-corrected chi connectivity index (χ3v) is 6.72. The molecule has 0 radical (unpaired) electrons. The molecule has 1 aliphatic rings. The van der Waals surface area contributed by atoms with Crippen molar-refractivity contribution < 1.29 is 43.9 Å². The quantitative estimate of drug-likeness (QED) is 0.125. The van der Waals surface area contributed by atoms with E-state index in [4.69, 9.17) is 14.2 Å². The molecule has 0 spiro atoms. The first-order chi connectivity index (χ1) is 17.4. The van der Waals surface area contributed by atoms with Crippen molar-refractivity contribution in [1.29, 1.82) is 0 Å². The van der Waals surface area contributed by atoms with Crippen LogP contribution in [0.4, 0.5) is 0 Å². The monoisotopic (exact) mass is 516 g/mol. The van der Waals surface area contributed by atoms with Crippen molar-refractivity contribution in [1.82, 2.24) is 0 Å². The van der Waals surface area contributed by atoms with Crippen LogP contribution in [0, 0.1) is 0 Å². The van der Waals surface area contributed by atoms with Crippen LogP contribution >= 0.6 is 0 Å². The molecule has 0 amide bonds. The maximum absolute atomic E-state index is 12.7. The SMILES string of the molecule is CCCCCCCCCCCCCCCCCCC1(CO)OC(=O)C(CO)OC(=O)C(CO)OC1=O. The minimum atomic E-state index is -2.01. The number of hydrogen-bond donors (Lipinski definition) is 3. The molecule has 0 bridgehead atoms. The maximum Gasteiger partial charge on any atom is 0.354 e. The summed E-state index contributed by atoms with van der Waals surface area (Å²) in [5, 5.41) is 28.6. The van der Waals surface area contributed by atoms with Gasteiger partial charge < -0.3 is 29.5 Å². The highest BCUT2D eigenvalue weighted by Gasteiger charge is 2.48. The Kier molecular flexibility index (Phi) is 17.4. The van der Waals surface area contributed by atoms with Crippen molar-refractivity contribution in [3.8, 4) is 0 Å². The third-order valence-electron chi connectivity index (χ3n) is 6.72. The summed E-state index contributed by atoms with van der Waals surface area (Å²) in [5.41, 5.74) is -2.01. The number of aliphatic hydroxyl groups excluding tert-OH is 3. The molecule has 3 unspecified atom stereocenters. The second kappa shape index (κ2) is 19.4. The Hall–Kier alpha value is -1.71. The second-order valence-corrected chi connectivity index (χ2v) is 9.81. The fourth-order valence-electron chi connectivity index (χ4n) is 4.36. The first kappa shape index (κ1) is 32.3. The first-order valence-electron chi connectivity index (χ1n) is 13.9. The van der Waals surface area contributed by atoms with E-state index in [2.05, 4.69) is 6.92 Å². The Balaban J connectivity index is 2.30. The van der Waals surface area contributed by atoms with E-state index in [0.29, 0.717) is 6.42 Å². The molecule has 1 fully saturated rings. The summed E-state index contributed by atoms with van der Waals surface area (Å²) < 4.78 is 15.0. The van der Waals surface area contributed by atoms with Gasteiger partial charge in [0.15, 0.2) is 0 Å². The topological polar surface area (TPSA) is 140 Å². The maximum atomic E-state index is 12.7. The van der Waals surface area contributed by atoms with E-state index in [0.717, 1.165) is 25.7 Å². The molecular weight excluding hydrogens is 468 g/mol. The van der Waals surface area contributed by atoms with Crippen LogP contribution in [0.2, 0.25) is 0 Å². The molecular formula is C27H48O9. The standard InChI is InChI=1S/C27H48O9/c1-2-3-4-5-6-7-8-9-10-11-12-13-14-15-16-17-18-27(21-30)26(33)35-22(19-28)24(31)34-23(20-29)25(32)36-27/h22-23,28-30H,2-21H2,1H3. The fraction of sp³-hybridized carbons (Fsp3) is 0.889. The molecule has 0 aliphatic carbocycles. The molecule has 0 saturated carbocycles. The highest BCUT2D eigenvalue weighted by Crippen LogP contribution is 2.26. The molecule has 0 aromatic heterocycles. The van der Waals surface area contributed by atoms with Crippen molar-refractivity contribution in [2.24, 2.45) is 0 Å². The van der Waals surface area contributed by atoms with E-state index in [1.807, 2.05) is 0 Å². The largest absolute Gasteiger partial charge is 0.445 e. The molecule has 3 atom stereocenters. The van der Waals surface area contributed by atoms with Crippen molar-refractivity contribution >= 4 is 17.9 Å². The number of cyclic esters (lactones) is 3. The average molecular weight is 517 g/mol. The van der Waals surface area contributed by atoms with Crippen LogP contribution in [0.25, 0.3) is 0 Å². The molecule has 1 saturated heterocycles. The van der Waals surface area contributed by atoms with Gasteiger partial charge in [0.05, 0.1) is 19.8 Å².